The molecule has 0 saturated carbocycles. The van der Waals surface area contributed by atoms with E-state index < -0.39 is 11.6 Å². The second kappa shape index (κ2) is 8.45. The van der Waals surface area contributed by atoms with Crippen LogP contribution in [0.4, 0.5) is 14.5 Å². The fraction of sp³-hybridized carbons (Fsp3) is 0.348. The van der Waals surface area contributed by atoms with Gasteiger partial charge in [-0.1, -0.05) is 13.8 Å². The van der Waals surface area contributed by atoms with Gasteiger partial charge in [0.2, 0.25) is 5.91 Å². The maximum absolute atomic E-state index is 14.1. The van der Waals surface area contributed by atoms with E-state index in [4.69, 9.17) is 0 Å². The Kier molecular flexibility index (Phi) is 5.71. The van der Waals surface area contributed by atoms with Crippen molar-refractivity contribution in [1.82, 2.24) is 19.4 Å². The summed E-state index contributed by atoms with van der Waals surface area (Å²) >= 11 is 0. The van der Waals surface area contributed by atoms with Gasteiger partial charge in [-0.15, -0.1) is 0 Å². The quantitative estimate of drug-likeness (QED) is 0.628. The second-order valence-corrected chi connectivity index (χ2v) is 8.07. The minimum absolute atomic E-state index is 0.0142. The molecule has 1 aromatic carbocycles. The highest BCUT2D eigenvalue weighted by Gasteiger charge is 2.29. The van der Waals surface area contributed by atoms with Gasteiger partial charge in [-0.3, -0.25) is 9.36 Å². The van der Waals surface area contributed by atoms with Crippen LogP contribution in [0.2, 0.25) is 0 Å². The number of nitrogens with one attached hydrogen (secondary N) is 1. The Labute approximate surface area is 179 Å². The number of aromatic nitrogens is 3. The number of halogens is 2. The number of benzene rings is 1. The minimum atomic E-state index is -0.525. The monoisotopic (exact) mass is 425 g/mol. The summed E-state index contributed by atoms with van der Waals surface area (Å²) in [7, 11) is 0. The molecule has 6 nitrogen and oxygen atoms in total. The third-order valence-electron chi connectivity index (χ3n) is 5.52. The molecule has 0 radical (unpaired) electrons. The molecule has 0 aliphatic carbocycles. The minimum Gasteiger partial charge on any atom is -0.374 e. The van der Waals surface area contributed by atoms with Gasteiger partial charge in [0.1, 0.15) is 17.5 Å². The molecule has 8 heteroatoms. The van der Waals surface area contributed by atoms with E-state index in [0.717, 1.165) is 41.2 Å². The molecule has 3 heterocycles. The van der Waals surface area contributed by atoms with Crippen molar-refractivity contribution < 1.29 is 13.6 Å². The molecule has 0 fully saturated rings. The van der Waals surface area contributed by atoms with Crippen LogP contribution in [0.25, 0.3) is 5.82 Å². The molecular formula is C23H25F2N5O. The SMILES string of the molecule is CC(=O)N(CC[C@H]1Nc2cccnc2-n2c1cnc2C(C)C)Cc1cc(F)ccc1F. The first-order valence-corrected chi connectivity index (χ1v) is 10.3. The van der Waals surface area contributed by atoms with Crippen LogP contribution in [0, 0.1) is 11.6 Å². The predicted molar refractivity (Wildman–Crippen MR) is 114 cm³/mol. The number of carbonyl (C=O) groups is 1. The summed E-state index contributed by atoms with van der Waals surface area (Å²) < 4.78 is 29.7. The zero-order chi connectivity index (χ0) is 22.1. The molecule has 31 heavy (non-hydrogen) atoms. The molecular weight excluding hydrogens is 400 g/mol. The molecule has 2 aromatic heterocycles. The lowest BCUT2D eigenvalue weighted by Crippen LogP contribution is -2.33. The fourth-order valence-electron chi connectivity index (χ4n) is 3.94. The Morgan fingerprint density at radius 2 is 2.06 bits per heavy atom. The number of hydrogen-bond acceptors (Lipinski definition) is 4. The van der Waals surface area contributed by atoms with Gasteiger partial charge in [0.25, 0.3) is 0 Å². The Morgan fingerprint density at radius 3 is 2.81 bits per heavy atom. The Hall–Kier alpha value is -3.29. The second-order valence-electron chi connectivity index (χ2n) is 8.07. The molecule has 1 amide bonds. The van der Waals surface area contributed by atoms with Crippen molar-refractivity contribution in [1.29, 1.82) is 0 Å². The highest BCUT2D eigenvalue weighted by molar-refractivity contribution is 5.73. The van der Waals surface area contributed by atoms with E-state index in [1.807, 2.05) is 18.3 Å². The van der Waals surface area contributed by atoms with Crippen LogP contribution in [0.15, 0.2) is 42.7 Å². The highest BCUT2D eigenvalue weighted by Crippen LogP contribution is 2.36. The standard InChI is InChI=1S/C23H25F2N5O/c1-14(2)22-27-12-21-19(28-20-5-4-9-26-23(20)30(21)22)8-10-29(15(3)31)13-16-11-17(24)6-7-18(16)25/h4-7,9,11-12,14,19,28H,8,10,13H2,1-3H3/t19-/m1/s1. The van der Waals surface area contributed by atoms with E-state index in [9.17, 15) is 13.6 Å². The molecule has 0 bridgehead atoms. The molecule has 4 rings (SSSR count). The van der Waals surface area contributed by atoms with E-state index in [2.05, 4.69) is 33.7 Å². The average molecular weight is 425 g/mol. The number of hydrogen-bond donors (Lipinski definition) is 1. The van der Waals surface area contributed by atoms with Gasteiger partial charge in [0, 0.05) is 37.7 Å². The zero-order valence-electron chi connectivity index (χ0n) is 17.8. The number of anilines is 1. The van der Waals surface area contributed by atoms with E-state index >= 15 is 0 Å². The number of fused-ring (bicyclic) bond motifs is 3. The van der Waals surface area contributed by atoms with E-state index in [1.165, 1.54) is 11.8 Å². The van der Waals surface area contributed by atoms with Gasteiger partial charge in [-0.05, 0) is 36.8 Å². The molecule has 162 valence electrons. The van der Waals surface area contributed by atoms with Gasteiger partial charge in [-0.2, -0.15) is 0 Å². The molecule has 3 aromatic rings. The van der Waals surface area contributed by atoms with Crippen LogP contribution in [-0.4, -0.2) is 31.9 Å². The molecule has 0 saturated heterocycles. The first-order valence-electron chi connectivity index (χ1n) is 10.3. The van der Waals surface area contributed by atoms with Crippen LogP contribution >= 0.6 is 0 Å². The molecule has 1 aliphatic heterocycles. The van der Waals surface area contributed by atoms with E-state index in [-0.39, 0.29) is 30.0 Å². The van der Waals surface area contributed by atoms with Crippen LogP contribution in [-0.2, 0) is 11.3 Å². The Morgan fingerprint density at radius 1 is 1.26 bits per heavy atom. The lowest BCUT2D eigenvalue weighted by atomic mass is 10.1. The van der Waals surface area contributed by atoms with Crippen LogP contribution in [0.3, 0.4) is 0 Å². The van der Waals surface area contributed by atoms with Crippen molar-refractivity contribution >= 4 is 11.6 Å². The van der Waals surface area contributed by atoms with Crippen molar-refractivity contribution in [2.45, 2.75) is 45.7 Å². The molecule has 0 unspecified atom stereocenters. The third-order valence-corrected chi connectivity index (χ3v) is 5.52. The topological polar surface area (TPSA) is 63.1 Å². The normalized spacial score (nSPS) is 14.7. The van der Waals surface area contributed by atoms with Crippen molar-refractivity contribution in [2.24, 2.45) is 0 Å². The fourth-order valence-corrected chi connectivity index (χ4v) is 3.94. The van der Waals surface area contributed by atoms with E-state index in [1.54, 1.807) is 6.20 Å². The molecule has 0 spiro atoms. The summed E-state index contributed by atoms with van der Waals surface area (Å²) in [6.07, 6.45) is 4.17. The summed E-state index contributed by atoms with van der Waals surface area (Å²) in [6, 6.07) is 7.03. The van der Waals surface area contributed by atoms with Gasteiger partial charge in [0.05, 0.1) is 23.6 Å². The van der Waals surface area contributed by atoms with Gasteiger partial charge < -0.3 is 10.2 Å². The largest absolute Gasteiger partial charge is 0.374 e. The summed E-state index contributed by atoms with van der Waals surface area (Å²) in [5, 5.41) is 3.49. The summed E-state index contributed by atoms with van der Waals surface area (Å²) in [6.45, 7) is 5.99. The summed E-state index contributed by atoms with van der Waals surface area (Å²) in [5.41, 5.74) is 2.02. The first kappa shape index (κ1) is 21.0. The van der Waals surface area contributed by atoms with Gasteiger partial charge >= 0.3 is 0 Å². The van der Waals surface area contributed by atoms with Crippen LogP contribution in [0.5, 0.6) is 0 Å². The third kappa shape index (κ3) is 4.15. The lowest BCUT2D eigenvalue weighted by molar-refractivity contribution is -0.129. The number of pyridine rings is 1. The summed E-state index contributed by atoms with van der Waals surface area (Å²) in [5.74, 6) is 0.697. The highest BCUT2D eigenvalue weighted by atomic mass is 19.1. The Balaban J connectivity index is 1.58. The zero-order valence-corrected chi connectivity index (χ0v) is 17.8. The Bertz CT molecular complexity index is 1110. The number of amides is 1. The summed E-state index contributed by atoms with van der Waals surface area (Å²) in [4.78, 5) is 22.9. The first-order chi connectivity index (χ1) is 14.8. The number of imidazole rings is 1. The van der Waals surface area contributed by atoms with Gasteiger partial charge in [0.15, 0.2) is 5.82 Å². The lowest BCUT2D eigenvalue weighted by Gasteiger charge is -2.31. The predicted octanol–water partition coefficient (Wildman–Crippen LogP) is 4.57. The van der Waals surface area contributed by atoms with Crippen molar-refractivity contribution in [3.63, 3.8) is 0 Å². The maximum atomic E-state index is 14.1. The van der Waals surface area contributed by atoms with E-state index in [0.29, 0.717) is 13.0 Å². The number of carbonyl (C=O) groups excluding carboxylic acids is 1. The maximum Gasteiger partial charge on any atom is 0.219 e. The van der Waals surface area contributed by atoms with Gasteiger partial charge in [-0.25, -0.2) is 18.7 Å². The average Bonchev–Trinajstić information content (AvgIpc) is 3.19. The smallest absolute Gasteiger partial charge is 0.219 e. The molecule has 1 N–H and O–H groups in total. The molecule has 1 aliphatic rings. The number of rotatable bonds is 6. The van der Waals surface area contributed by atoms with Crippen molar-refractivity contribution in [3.8, 4) is 5.82 Å². The van der Waals surface area contributed by atoms with Crippen LogP contribution in [0.1, 0.15) is 56.2 Å². The molecule has 1 atom stereocenters. The van der Waals surface area contributed by atoms with Crippen molar-refractivity contribution in [3.05, 3.63) is 71.4 Å². The number of nitrogens with zero attached hydrogens (tertiary/aromatic N) is 4. The van der Waals surface area contributed by atoms with Crippen LogP contribution < -0.4 is 5.32 Å². The van der Waals surface area contributed by atoms with Crippen molar-refractivity contribution in [2.75, 3.05) is 11.9 Å².